The van der Waals surface area contributed by atoms with Crippen LogP contribution >= 0.6 is 15.9 Å². The number of para-hydroxylation sites is 1. The molecule has 0 saturated carbocycles. The zero-order valence-electron chi connectivity index (χ0n) is 14.9. The maximum Gasteiger partial charge on any atom is 0.0729 e. The Balaban J connectivity index is 1.80. The molecule has 1 aliphatic rings. The molecule has 0 radical (unpaired) electrons. The van der Waals surface area contributed by atoms with Crippen molar-refractivity contribution in [1.29, 1.82) is 0 Å². The van der Waals surface area contributed by atoms with Gasteiger partial charge in [0.2, 0.25) is 0 Å². The van der Waals surface area contributed by atoms with Gasteiger partial charge >= 0.3 is 0 Å². The average Bonchev–Trinajstić information content (AvgIpc) is 2.74. The van der Waals surface area contributed by atoms with Gasteiger partial charge in [-0.1, -0.05) is 64.5 Å². The van der Waals surface area contributed by atoms with E-state index in [0.717, 1.165) is 9.99 Å². The molecule has 28 heavy (non-hydrogen) atoms. The van der Waals surface area contributed by atoms with Gasteiger partial charge in [0.05, 0.1) is 22.6 Å². The molecule has 0 fully saturated rings. The molecule has 5 aromatic rings. The van der Waals surface area contributed by atoms with Crippen molar-refractivity contribution in [2.24, 2.45) is 0 Å². The molecule has 132 valence electrons. The van der Waals surface area contributed by atoms with E-state index in [4.69, 9.17) is 0 Å². The highest BCUT2D eigenvalue weighted by molar-refractivity contribution is 9.10. The summed E-state index contributed by atoms with van der Waals surface area (Å²) in [6.07, 6.45) is 1.91. The number of anilines is 3. The lowest BCUT2D eigenvalue weighted by Crippen LogP contribution is -2.15. The largest absolute Gasteiger partial charge is 0.309 e. The minimum absolute atomic E-state index is 1.02. The highest BCUT2D eigenvalue weighted by Gasteiger charge is 2.27. The van der Waals surface area contributed by atoms with Crippen LogP contribution in [0.5, 0.6) is 0 Å². The second-order valence-corrected chi connectivity index (χ2v) is 7.85. The molecule has 1 aliphatic heterocycles. The van der Waals surface area contributed by atoms with E-state index in [1.807, 2.05) is 6.20 Å². The number of benzene rings is 4. The smallest absolute Gasteiger partial charge is 0.0729 e. The first-order chi connectivity index (χ1) is 13.8. The summed E-state index contributed by atoms with van der Waals surface area (Å²) in [7, 11) is 0. The SMILES string of the molecule is Brc1cccc2cccc(N3c4ccccc4-c4ccnc5cccc3c45)c12. The zero-order chi connectivity index (χ0) is 18.7. The van der Waals surface area contributed by atoms with E-state index in [1.165, 1.54) is 44.3 Å². The van der Waals surface area contributed by atoms with Crippen LogP contribution in [0.1, 0.15) is 0 Å². The van der Waals surface area contributed by atoms with Crippen LogP contribution in [0, 0.1) is 0 Å². The summed E-state index contributed by atoms with van der Waals surface area (Å²) in [4.78, 5) is 7.00. The van der Waals surface area contributed by atoms with Crippen LogP contribution in [0.3, 0.4) is 0 Å². The first kappa shape index (κ1) is 15.8. The molecular weight excluding hydrogens is 408 g/mol. The van der Waals surface area contributed by atoms with E-state index < -0.39 is 0 Å². The van der Waals surface area contributed by atoms with Crippen molar-refractivity contribution in [3.8, 4) is 11.1 Å². The lowest BCUT2D eigenvalue weighted by molar-refractivity contribution is 1.28. The standard InChI is InChI=1S/C25H15BrN2/c26-19-9-3-6-16-7-4-12-22(24(16)19)28-21-11-2-1-8-17(21)18-14-15-27-20-10-5-13-23(28)25(18)20/h1-15H. The van der Waals surface area contributed by atoms with Crippen molar-refractivity contribution in [3.05, 3.63) is 95.6 Å². The van der Waals surface area contributed by atoms with E-state index in [1.54, 1.807) is 0 Å². The summed E-state index contributed by atoms with van der Waals surface area (Å²) in [6, 6.07) is 30.0. The van der Waals surface area contributed by atoms with Gasteiger partial charge in [-0.15, -0.1) is 0 Å². The average molecular weight is 423 g/mol. The molecule has 2 nitrogen and oxygen atoms in total. The first-order valence-corrected chi connectivity index (χ1v) is 10.1. The predicted molar refractivity (Wildman–Crippen MR) is 121 cm³/mol. The van der Waals surface area contributed by atoms with Crippen LogP contribution in [0.2, 0.25) is 0 Å². The third kappa shape index (κ3) is 2.11. The van der Waals surface area contributed by atoms with Gasteiger partial charge in [-0.2, -0.15) is 0 Å². The Morgan fingerprint density at radius 3 is 2.21 bits per heavy atom. The molecule has 0 N–H and O–H groups in total. The van der Waals surface area contributed by atoms with Gasteiger partial charge < -0.3 is 4.90 Å². The van der Waals surface area contributed by atoms with E-state index >= 15 is 0 Å². The Kier molecular flexibility index (Phi) is 3.35. The Morgan fingerprint density at radius 2 is 1.32 bits per heavy atom. The lowest BCUT2D eigenvalue weighted by Gasteiger charge is -2.34. The summed E-state index contributed by atoms with van der Waals surface area (Å²) in [5, 5.41) is 3.63. The Bertz CT molecular complexity index is 1380. The summed E-state index contributed by atoms with van der Waals surface area (Å²) >= 11 is 3.78. The number of hydrogen-bond donors (Lipinski definition) is 0. The summed E-state index contributed by atoms with van der Waals surface area (Å²) < 4.78 is 1.10. The highest BCUT2D eigenvalue weighted by atomic mass is 79.9. The second kappa shape index (κ2) is 5.91. The monoisotopic (exact) mass is 422 g/mol. The molecule has 0 aliphatic carbocycles. The summed E-state index contributed by atoms with van der Waals surface area (Å²) in [5.41, 5.74) is 7.03. The predicted octanol–water partition coefficient (Wildman–Crippen LogP) is 7.60. The van der Waals surface area contributed by atoms with Crippen molar-refractivity contribution in [2.75, 3.05) is 4.90 Å². The van der Waals surface area contributed by atoms with Crippen molar-refractivity contribution >= 4 is 54.7 Å². The Labute approximate surface area is 171 Å². The van der Waals surface area contributed by atoms with Crippen molar-refractivity contribution in [1.82, 2.24) is 4.98 Å². The van der Waals surface area contributed by atoms with Crippen molar-refractivity contribution in [3.63, 3.8) is 0 Å². The van der Waals surface area contributed by atoms with Gasteiger partial charge in [-0.05, 0) is 47.3 Å². The molecule has 0 saturated heterocycles. The number of hydrogen-bond acceptors (Lipinski definition) is 2. The Hall–Kier alpha value is -3.17. The molecule has 2 heterocycles. The molecule has 0 bridgehead atoms. The Morgan fingerprint density at radius 1 is 0.607 bits per heavy atom. The van der Waals surface area contributed by atoms with Crippen molar-refractivity contribution in [2.45, 2.75) is 0 Å². The molecule has 0 amide bonds. The first-order valence-electron chi connectivity index (χ1n) is 9.27. The number of fused-ring (bicyclic) bond motifs is 3. The van der Waals surface area contributed by atoms with E-state index in [0.29, 0.717) is 0 Å². The van der Waals surface area contributed by atoms with Crippen LogP contribution in [0.4, 0.5) is 17.1 Å². The minimum Gasteiger partial charge on any atom is -0.309 e. The molecule has 0 unspecified atom stereocenters. The third-order valence-corrected chi connectivity index (χ3v) is 6.15. The molecule has 0 spiro atoms. The maximum absolute atomic E-state index is 4.63. The third-order valence-electron chi connectivity index (χ3n) is 5.49. The second-order valence-electron chi connectivity index (χ2n) is 7.00. The van der Waals surface area contributed by atoms with E-state index in [-0.39, 0.29) is 0 Å². The fraction of sp³-hybridized carbons (Fsp3) is 0. The van der Waals surface area contributed by atoms with Gasteiger partial charge in [0, 0.05) is 27.0 Å². The van der Waals surface area contributed by atoms with Crippen LogP contribution < -0.4 is 4.90 Å². The van der Waals surface area contributed by atoms with Gasteiger partial charge in [0.25, 0.3) is 0 Å². The van der Waals surface area contributed by atoms with E-state index in [2.05, 4.69) is 111 Å². The maximum atomic E-state index is 4.63. The van der Waals surface area contributed by atoms with Gasteiger partial charge in [-0.3, -0.25) is 4.98 Å². The quantitative estimate of drug-likeness (QED) is 0.271. The fourth-order valence-electron chi connectivity index (χ4n) is 4.35. The van der Waals surface area contributed by atoms with Crippen LogP contribution in [0.25, 0.3) is 32.8 Å². The normalized spacial score (nSPS) is 12.4. The van der Waals surface area contributed by atoms with Gasteiger partial charge in [0.1, 0.15) is 0 Å². The van der Waals surface area contributed by atoms with Gasteiger partial charge in [0.15, 0.2) is 0 Å². The van der Waals surface area contributed by atoms with Crippen LogP contribution in [-0.4, -0.2) is 4.98 Å². The number of pyridine rings is 1. The van der Waals surface area contributed by atoms with Crippen molar-refractivity contribution < 1.29 is 0 Å². The molecular formula is C25H15BrN2. The van der Waals surface area contributed by atoms with E-state index in [9.17, 15) is 0 Å². The highest BCUT2D eigenvalue weighted by Crippen LogP contribution is 2.51. The zero-order valence-corrected chi connectivity index (χ0v) is 16.5. The summed E-state index contributed by atoms with van der Waals surface area (Å²) in [6.45, 7) is 0. The number of halogens is 1. The van der Waals surface area contributed by atoms with Crippen LogP contribution in [-0.2, 0) is 0 Å². The molecule has 4 aromatic carbocycles. The fourth-order valence-corrected chi connectivity index (χ4v) is 4.93. The molecule has 3 heteroatoms. The topological polar surface area (TPSA) is 16.1 Å². The number of nitrogens with zero attached hydrogens (tertiary/aromatic N) is 2. The summed E-state index contributed by atoms with van der Waals surface area (Å²) in [5.74, 6) is 0. The number of rotatable bonds is 1. The number of aromatic nitrogens is 1. The molecule has 6 rings (SSSR count). The van der Waals surface area contributed by atoms with Gasteiger partial charge in [-0.25, -0.2) is 0 Å². The van der Waals surface area contributed by atoms with Crippen LogP contribution in [0.15, 0.2) is 95.6 Å². The molecule has 0 atom stereocenters. The lowest BCUT2D eigenvalue weighted by atomic mass is 9.92. The minimum atomic E-state index is 1.02. The molecule has 1 aromatic heterocycles.